The first-order valence-corrected chi connectivity index (χ1v) is 8.73. The number of aromatic nitrogens is 2. The van der Waals surface area contributed by atoms with Gasteiger partial charge in [-0.3, -0.25) is 4.79 Å². The van der Waals surface area contributed by atoms with Gasteiger partial charge in [-0.2, -0.15) is 13.2 Å². The summed E-state index contributed by atoms with van der Waals surface area (Å²) in [7, 11) is 0. The van der Waals surface area contributed by atoms with E-state index in [1.165, 1.54) is 18.9 Å². The smallest absolute Gasteiger partial charge is 0.343 e. The summed E-state index contributed by atoms with van der Waals surface area (Å²) in [6.45, 7) is 1.41. The summed E-state index contributed by atoms with van der Waals surface area (Å²) in [4.78, 5) is 18.3. The topological polar surface area (TPSA) is 38.1 Å². The molecule has 1 aromatic carbocycles. The molecule has 2 fully saturated rings. The standard InChI is InChI=1S/C18H20F3N3O/c19-18(20,21)13-3-4-16-15(10-13)22-11-24(16)14-5-7-23(8-6-14)17(25)9-12-1-2-12/h3-4,10-12,14H,1-2,5-9H2. The van der Waals surface area contributed by atoms with Gasteiger partial charge in [0, 0.05) is 25.6 Å². The number of benzene rings is 1. The Morgan fingerprint density at radius 1 is 1.16 bits per heavy atom. The van der Waals surface area contributed by atoms with E-state index in [1.807, 2.05) is 9.47 Å². The lowest BCUT2D eigenvalue weighted by molar-refractivity contribution is -0.137. The maximum Gasteiger partial charge on any atom is 0.416 e. The van der Waals surface area contributed by atoms with Crippen LogP contribution in [0.2, 0.25) is 0 Å². The highest BCUT2D eigenvalue weighted by Crippen LogP contribution is 2.35. The Hall–Kier alpha value is -2.05. The van der Waals surface area contributed by atoms with Crippen molar-refractivity contribution in [3.63, 3.8) is 0 Å². The van der Waals surface area contributed by atoms with Crippen molar-refractivity contribution in [1.29, 1.82) is 0 Å². The maximum absolute atomic E-state index is 12.8. The Kier molecular flexibility index (Phi) is 3.96. The molecular formula is C18H20F3N3O. The van der Waals surface area contributed by atoms with Crippen molar-refractivity contribution in [1.82, 2.24) is 14.5 Å². The van der Waals surface area contributed by atoms with Gasteiger partial charge in [0.15, 0.2) is 0 Å². The number of likely N-dealkylation sites (tertiary alicyclic amines) is 1. The molecule has 4 nitrogen and oxygen atoms in total. The van der Waals surface area contributed by atoms with Crippen molar-refractivity contribution in [3.05, 3.63) is 30.1 Å². The fourth-order valence-electron chi connectivity index (χ4n) is 3.59. The Bertz CT molecular complexity index is 786. The van der Waals surface area contributed by atoms with Crippen LogP contribution in [-0.2, 0) is 11.0 Å². The molecule has 2 aliphatic rings. The summed E-state index contributed by atoms with van der Waals surface area (Å²) in [6.07, 6.45) is 1.89. The van der Waals surface area contributed by atoms with Gasteiger partial charge in [0.1, 0.15) is 0 Å². The number of rotatable bonds is 3. The van der Waals surface area contributed by atoms with Crippen molar-refractivity contribution in [2.75, 3.05) is 13.1 Å². The number of hydrogen-bond donors (Lipinski definition) is 0. The Morgan fingerprint density at radius 2 is 1.88 bits per heavy atom. The van der Waals surface area contributed by atoms with Crippen molar-refractivity contribution in [2.24, 2.45) is 5.92 Å². The third-order valence-corrected chi connectivity index (χ3v) is 5.27. The van der Waals surface area contributed by atoms with Gasteiger partial charge in [0.05, 0.1) is 22.9 Å². The quantitative estimate of drug-likeness (QED) is 0.838. The van der Waals surface area contributed by atoms with Gasteiger partial charge in [0.25, 0.3) is 0 Å². The second-order valence-corrected chi connectivity index (χ2v) is 7.11. The van der Waals surface area contributed by atoms with E-state index in [2.05, 4.69) is 4.98 Å². The van der Waals surface area contributed by atoms with Gasteiger partial charge in [-0.25, -0.2) is 4.98 Å². The lowest BCUT2D eigenvalue weighted by Gasteiger charge is -2.33. The first kappa shape index (κ1) is 16.4. The van der Waals surface area contributed by atoms with Gasteiger partial charge < -0.3 is 9.47 Å². The molecule has 1 aromatic heterocycles. The molecule has 1 aliphatic heterocycles. The largest absolute Gasteiger partial charge is 0.416 e. The maximum atomic E-state index is 12.8. The molecule has 1 amide bonds. The first-order valence-electron chi connectivity index (χ1n) is 8.73. The van der Waals surface area contributed by atoms with Crippen LogP contribution in [-0.4, -0.2) is 33.4 Å². The number of piperidine rings is 1. The number of amides is 1. The summed E-state index contributed by atoms with van der Waals surface area (Å²) in [5.41, 5.74) is 0.406. The molecule has 25 heavy (non-hydrogen) atoms. The highest BCUT2D eigenvalue weighted by molar-refractivity contribution is 5.77. The van der Waals surface area contributed by atoms with Crippen molar-refractivity contribution >= 4 is 16.9 Å². The molecule has 1 saturated heterocycles. The fraction of sp³-hybridized carbons (Fsp3) is 0.556. The third kappa shape index (κ3) is 3.37. The van der Waals surface area contributed by atoms with Gasteiger partial charge in [-0.05, 0) is 49.8 Å². The van der Waals surface area contributed by atoms with E-state index in [0.29, 0.717) is 30.9 Å². The molecule has 0 N–H and O–H groups in total. The molecular weight excluding hydrogens is 331 g/mol. The van der Waals surface area contributed by atoms with E-state index >= 15 is 0 Å². The van der Waals surface area contributed by atoms with Crippen molar-refractivity contribution < 1.29 is 18.0 Å². The monoisotopic (exact) mass is 351 g/mol. The Morgan fingerprint density at radius 3 is 2.52 bits per heavy atom. The summed E-state index contributed by atoms with van der Waals surface area (Å²) in [6, 6.07) is 3.87. The van der Waals surface area contributed by atoms with Crippen LogP contribution in [0.15, 0.2) is 24.5 Å². The molecule has 4 rings (SSSR count). The first-order chi connectivity index (χ1) is 11.9. The van der Waals surface area contributed by atoms with Crippen LogP contribution < -0.4 is 0 Å². The highest BCUT2D eigenvalue weighted by Gasteiger charge is 2.32. The van der Waals surface area contributed by atoms with Crippen LogP contribution >= 0.6 is 0 Å². The number of hydrogen-bond acceptors (Lipinski definition) is 2. The number of imidazole rings is 1. The SMILES string of the molecule is O=C(CC1CC1)N1CCC(n2cnc3cc(C(F)(F)F)ccc32)CC1. The van der Waals surface area contributed by atoms with Gasteiger partial charge in [-0.15, -0.1) is 0 Å². The highest BCUT2D eigenvalue weighted by atomic mass is 19.4. The second kappa shape index (κ2) is 6.04. The van der Waals surface area contributed by atoms with E-state index in [1.54, 1.807) is 6.33 Å². The average Bonchev–Trinajstić information content (AvgIpc) is 3.29. The van der Waals surface area contributed by atoms with Gasteiger partial charge in [0.2, 0.25) is 5.91 Å². The fourth-order valence-corrected chi connectivity index (χ4v) is 3.59. The van der Waals surface area contributed by atoms with E-state index < -0.39 is 11.7 Å². The molecule has 0 spiro atoms. The van der Waals surface area contributed by atoms with E-state index in [0.717, 1.165) is 30.5 Å². The van der Waals surface area contributed by atoms with Crippen LogP contribution in [0.25, 0.3) is 11.0 Å². The molecule has 0 atom stereocenters. The zero-order chi connectivity index (χ0) is 17.6. The zero-order valence-corrected chi connectivity index (χ0v) is 13.8. The molecule has 7 heteroatoms. The summed E-state index contributed by atoms with van der Waals surface area (Å²) >= 11 is 0. The lowest BCUT2D eigenvalue weighted by atomic mass is 10.0. The number of carbonyl (C=O) groups excluding carboxylic acids is 1. The zero-order valence-electron chi connectivity index (χ0n) is 13.8. The van der Waals surface area contributed by atoms with Gasteiger partial charge in [-0.1, -0.05) is 0 Å². The van der Waals surface area contributed by atoms with Gasteiger partial charge >= 0.3 is 6.18 Å². The molecule has 2 aromatic rings. The number of halogens is 3. The van der Waals surface area contributed by atoms with E-state index in [-0.39, 0.29) is 11.9 Å². The summed E-state index contributed by atoms with van der Waals surface area (Å²) < 4.78 is 40.4. The van der Waals surface area contributed by atoms with Crippen LogP contribution in [0, 0.1) is 5.92 Å². The minimum Gasteiger partial charge on any atom is -0.343 e. The van der Waals surface area contributed by atoms with E-state index in [9.17, 15) is 18.0 Å². The Labute approximate surface area is 143 Å². The Balaban J connectivity index is 1.46. The van der Waals surface area contributed by atoms with E-state index in [4.69, 9.17) is 0 Å². The molecule has 134 valence electrons. The molecule has 0 unspecified atom stereocenters. The predicted octanol–water partition coefficient (Wildman–Crippen LogP) is 4.02. The van der Waals surface area contributed by atoms with Crippen molar-refractivity contribution in [2.45, 2.75) is 44.3 Å². The molecule has 0 bridgehead atoms. The summed E-state index contributed by atoms with van der Waals surface area (Å²) in [5, 5.41) is 0. The van der Waals surface area contributed by atoms with Crippen LogP contribution in [0.1, 0.15) is 43.7 Å². The normalized spacial score (nSPS) is 19.6. The number of nitrogens with zero attached hydrogens (tertiary/aromatic N) is 3. The molecule has 0 radical (unpaired) electrons. The van der Waals surface area contributed by atoms with Crippen molar-refractivity contribution in [3.8, 4) is 0 Å². The minimum absolute atomic E-state index is 0.173. The lowest BCUT2D eigenvalue weighted by Crippen LogP contribution is -2.39. The average molecular weight is 351 g/mol. The predicted molar refractivity (Wildman–Crippen MR) is 86.9 cm³/mol. The van der Waals surface area contributed by atoms with Crippen LogP contribution in [0.4, 0.5) is 13.2 Å². The number of fused-ring (bicyclic) bond motifs is 1. The van der Waals surface area contributed by atoms with Crippen LogP contribution in [0.3, 0.4) is 0 Å². The second-order valence-electron chi connectivity index (χ2n) is 7.11. The third-order valence-electron chi connectivity index (χ3n) is 5.27. The number of carbonyl (C=O) groups is 1. The number of alkyl halides is 3. The molecule has 1 aliphatic carbocycles. The summed E-state index contributed by atoms with van der Waals surface area (Å²) in [5.74, 6) is 0.830. The van der Waals surface area contributed by atoms with Crippen LogP contribution in [0.5, 0.6) is 0 Å². The molecule has 1 saturated carbocycles. The molecule has 2 heterocycles. The minimum atomic E-state index is -4.36.